The summed E-state index contributed by atoms with van der Waals surface area (Å²) >= 11 is 0. The van der Waals surface area contributed by atoms with Crippen LogP contribution < -0.4 is 5.32 Å². The number of aliphatic carboxylic acids is 1. The summed E-state index contributed by atoms with van der Waals surface area (Å²) in [5.41, 5.74) is -1.76. The third kappa shape index (κ3) is 3.59. The molecule has 90 valence electrons. The van der Waals surface area contributed by atoms with E-state index in [-0.39, 0.29) is 6.54 Å². The number of nitrogens with zero attached hydrogens (tertiary/aromatic N) is 2. The van der Waals surface area contributed by atoms with Gasteiger partial charge in [0, 0.05) is 19.5 Å². The predicted octanol–water partition coefficient (Wildman–Crippen LogP) is -0.654. The van der Waals surface area contributed by atoms with Gasteiger partial charge in [0.25, 0.3) is 0 Å². The second-order valence-electron chi connectivity index (χ2n) is 3.74. The van der Waals surface area contributed by atoms with E-state index in [9.17, 15) is 9.90 Å². The second kappa shape index (κ2) is 5.04. The smallest absolute Gasteiger partial charge is 0.336 e. The monoisotopic (exact) mass is 229 g/mol. The lowest BCUT2D eigenvalue weighted by Crippen LogP contribution is -2.45. The topological polar surface area (TPSA) is 108 Å². The van der Waals surface area contributed by atoms with Crippen molar-refractivity contribution < 1.29 is 19.5 Å². The molecule has 1 aromatic rings. The van der Waals surface area contributed by atoms with E-state index in [0.29, 0.717) is 24.7 Å². The van der Waals surface area contributed by atoms with Crippen LogP contribution in [-0.2, 0) is 11.2 Å². The Morgan fingerprint density at radius 3 is 2.81 bits per heavy atom. The van der Waals surface area contributed by atoms with Crippen LogP contribution in [0, 0.1) is 6.92 Å². The average molecular weight is 229 g/mol. The van der Waals surface area contributed by atoms with Gasteiger partial charge in [-0.3, -0.25) is 0 Å². The first-order valence-corrected chi connectivity index (χ1v) is 4.87. The van der Waals surface area contributed by atoms with E-state index in [1.807, 2.05) is 0 Å². The van der Waals surface area contributed by atoms with E-state index in [1.54, 1.807) is 6.92 Å². The van der Waals surface area contributed by atoms with Crippen LogP contribution >= 0.6 is 0 Å². The number of rotatable bonds is 6. The van der Waals surface area contributed by atoms with Gasteiger partial charge in [-0.15, -0.1) is 0 Å². The molecule has 16 heavy (non-hydrogen) atoms. The molecule has 1 unspecified atom stereocenters. The van der Waals surface area contributed by atoms with Crippen molar-refractivity contribution in [1.82, 2.24) is 15.5 Å². The molecule has 0 aliphatic heterocycles. The van der Waals surface area contributed by atoms with E-state index in [0.717, 1.165) is 0 Å². The zero-order chi connectivity index (χ0) is 12.2. The number of carboxylic acids is 1. The molecular formula is C9H15N3O4. The molecular weight excluding hydrogens is 214 g/mol. The summed E-state index contributed by atoms with van der Waals surface area (Å²) in [6, 6.07) is 0. The molecule has 0 amide bonds. The van der Waals surface area contributed by atoms with Crippen molar-refractivity contribution in [1.29, 1.82) is 0 Å². The normalized spacial score (nSPS) is 14.7. The van der Waals surface area contributed by atoms with Gasteiger partial charge in [-0.25, -0.2) is 4.79 Å². The number of nitrogens with one attached hydrogen (secondary N) is 1. The van der Waals surface area contributed by atoms with E-state index < -0.39 is 11.6 Å². The van der Waals surface area contributed by atoms with Gasteiger partial charge in [0.15, 0.2) is 11.4 Å². The number of hydrogen-bond acceptors (Lipinski definition) is 6. The van der Waals surface area contributed by atoms with Crippen molar-refractivity contribution in [3.63, 3.8) is 0 Å². The quantitative estimate of drug-likeness (QED) is 0.556. The average Bonchev–Trinajstić information content (AvgIpc) is 2.59. The first kappa shape index (κ1) is 12.6. The highest BCUT2D eigenvalue weighted by molar-refractivity contribution is 5.76. The Morgan fingerprint density at radius 1 is 1.62 bits per heavy atom. The SMILES string of the molecule is Cc1noc(CCNCC(C)(O)C(=O)O)n1. The van der Waals surface area contributed by atoms with Crippen LogP contribution in [0.2, 0.25) is 0 Å². The summed E-state index contributed by atoms with van der Waals surface area (Å²) in [5, 5.41) is 24.4. The molecule has 0 aromatic carbocycles. The number of carboxylic acid groups (broad SMARTS) is 1. The number of carbonyl (C=O) groups is 1. The first-order valence-electron chi connectivity index (χ1n) is 4.87. The Labute approximate surface area is 92.5 Å². The first-order chi connectivity index (χ1) is 7.42. The summed E-state index contributed by atoms with van der Waals surface area (Å²) in [6.07, 6.45) is 0.497. The van der Waals surface area contributed by atoms with Gasteiger partial charge in [0.2, 0.25) is 5.89 Å². The molecule has 1 heterocycles. The third-order valence-electron chi connectivity index (χ3n) is 2.02. The van der Waals surface area contributed by atoms with E-state index in [2.05, 4.69) is 15.5 Å². The van der Waals surface area contributed by atoms with Gasteiger partial charge in [-0.1, -0.05) is 5.16 Å². The van der Waals surface area contributed by atoms with Gasteiger partial charge in [0.1, 0.15) is 0 Å². The molecule has 0 saturated heterocycles. The lowest BCUT2D eigenvalue weighted by Gasteiger charge is -2.17. The predicted molar refractivity (Wildman–Crippen MR) is 53.9 cm³/mol. The van der Waals surface area contributed by atoms with E-state index in [1.165, 1.54) is 6.92 Å². The van der Waals surface area contributed by atoms with Crippen molar-refractivity contribution in [2.45, 2.75) is 25.9 Å². The fourth-order valence-electron chi connectivity index (χ4n) is 1.04. The zero-order valence-electron chi connectivity index (χ0n) is 9.23. The molecule has 0 radical (unpaired) electrons. The molecule has 0 saturated carbocycles. The van der Waals surface area contributed by atoms with Gasteiger partial charge in [-0.05, 0) is 13.8 Å². The largest absolute Gasteiger partial charge is 0.479 e. The minimum absolute atomic E-state index is 0.0323. The maximum absolute atomic E-state index is 10.6. The van der Waals surface area contributed by atoms with Gasteiger partial charge < -0.3 is 20.1 Å². The van der Waals surface area contributed by atoms with Crippen molar-refractivity contribution in [2.24, 2.45) is 0 Å². The molecule has 0 aliphatic rings. The summed E-state index contributed by atoms with van der Waals surface area (Å²) in [5.74, 6) is -0.207. The highest BCUT2D eigenvalue weighted by Crippen LogP contribution is 2.01. The maximum Gasteiger partial charge on any atom is 0.336 e. The van der Waals surface area contributed by atoms with Gasteiger partial charge >= 0.3 is 5.97 Å². The van der Waals surface area contributed by atoms with Crippen LogP contribution in [0.1, 0.15) is 18.6 Å². The molecule has 7 heteroatoms. The van der Waals surface area contributed by atoms with E-state index >= 15 is 0 Å². The summed E-state index contributed by atoms with van der Waals surface area (Å²) in [4.78, 5) is 14.5. The number of hydrogen-bond donors (Lipinski definition) is 3. The molecule has 0 bridgehead atoms. The Hall–Kier alpha value is -1.47. The third-order valence-corrected chi connectivity index (χ3v) is 2.02. The Bertz CT molecular complexity index is 361. The van der Waals surface area contributed by atoms with Crippen molar-refractivity contribution >= 4 is 5.97 Å². The van der Waals surface area contributed by atoms with Crippen molar-refractivity contribution in [3.8, 4) is 0 Å². The molecule has 0 fully saturated rings. The minimum Gasteiger partial charge on any atom is -0.479 e. The highest BCUT2D eigenvalue weighted by Gasteiger charge is 2.28. The number of aryl methyl sites for hydroxylation is 1. The van der Waals surface area contributed by atoms with Crippen LogP contribution in [0.15, 0.2) is 4.52 Å². The molecule has 7 nitrogen and oxygen atoms in total. The Kier molecular flexibility index (Phi) is 3.97. The van der Waals surface area contributed by atoms with Crippen LogP contribution in [0.4, 0.5) is 0 Å². The molecule has 1 rings (SSSR count). The maximum atomic E-state index is 10.6. The Morgan fingerprint density at radius 2 is 2.31 bits per heavy atom. The Balaban J connectivity index is 2.24. The van der Waals surface area contributed by atoms with Gasteiger partial charge in [-0.2, -0.15) is 4.98 Å². The van der Waals surface area contributed by atoms with Crippen molar-refractivity contribution in [2.75, 3.05) is 13.1 Å². The molecule has 3 N–H and O–H groups in total. The van der Waals surface area contributed by atoms with E-state index in [4.69, 9.17) is 9.63 Å². The molecule has 0 spiro atoms. The summed E-state index contributed by atoms with van der Waals surface area (Å²) in [6.45, 7) is 3.38. The lowest BCUT2D eigenvalue weighted by atomic mass is 10.1. The van der Waals surface area contributed by atoms with Crippen LogP contribution in [-0.4, -0.2) is 45.0 Å². The summed E-state index contributed by atoms with van der Waals surface area (Å²) < 4.78 is 4.86. The van der Waals surface area contributed by atoms with Crippen LogP contribution in [0.3, 0.4) is 0 Å². The zero-order valence-corrected chi connectivity index (χ0v) is 9.23. The molecule has 1 atom stereocenters. The number of aromatic nitrogens is 2. The standard InChI is InChI=1S/C9H15N3O4/c1-6-11-7(16-12-6)3-4-10-5-9(2,15)8(13)14/h10,15H,3-5H2,1-2H3,(H,13,14). The van der Waals surface area contributed by atoms with Crippen LogP contribution in [0.5, 0.6) is 0 Å². The fraction of sp³-hybridized carbons (Fsp3) is 0.667. The summed E-state index contributed by atoms with van der Waals surface area (Å²) in [7, 11) is 0. The second-order valence-corrected chi connectivity index (χ2v) is 3.74. The van der Waals surface area contributed by atoms with Crippen molar-refractivity contribution in [3.05, 3.63) is 11.7 Å². The minimum atomic E-state index is -1.76. The molecule has 0 aliphatic carbocycles. The molecule has 1 aromatic heterocycles. The highest BCUT2D eigenvalue weighted by atomic mass is 16.5. The fourth-order valence-corrected chi connectivity index (χ4v) is 1.04. The number of aliphatic hydroxyl groups is 1. The lowest BCUT2D eigenvalue weighted by molar-refractivity contribution is -0.156. The van der Waals surface area contributed by atoms with Gasteiger partial charge in [0.05, 0.1) is 0 Å². The van der Waals surface area contributed by atoms with Crippen LogP contribution in [0.25, 0.3) is 0 Å².